The molecule has 1 fully saturated rings. The Balaban J connectivity index is 1.41. The van der Waals surface area contributed by atoms with Crippen LogP contribution >= 0.6 is 0 Å². The number of amides is 1. The van der Waals surface area contributed by atoms with Crippen molar-refractivity contribution >= 4 is 11.4 Å². The van der Waals surface area contributed by atoms with Crippen molar-refractivity contribution < 1.29 is 18.3 Å². The van der Waals surface area contributed by atoms with E-state index in [-0.39, 0.29) is 18.6 Å². The van der Waals surface area contributed by atoms with Crippen molar-refractivity contribution in [2.75, 3.05) is 6.54 Å². The third-order valence-corrected chi connectivity index (χ3v) is 6.03. The first-order valence-corrected chi connectivity index (χ1v) is 11.3. The second-order valence-electron chi connectivity index (χ2n) is 8.24. The minimum atomic E-state index is -0.901. The van der Waals surface area contributed by atoms with E-state index in [1.54, 1.807) is 36.4 Å². The van der Waals surface area contributed by atoms with E-state index in [1.807, 2.05) is 22.7 Å². The molecule has 4 aromatic rings. The lowest BCUT2D eigenvalue weighted by Gasteiger charge is -2.21. The third kappa shape index (κ3) is 4.45. The van der Waals surface area contributed by atoms with Crippen LogP contribution in [-0.2, 0) is 11.4 Å². The molecule has 1 aliphatic rings. The fourth-order valence-corrected chi connectivity index (χ4v) is 4.37. The number of imidazole rings is 1. The number of hydrogen-bond donors (Lipinski definition) is 0. The summed E-state index contributed by atoms with van der Waals surface area (Å²) in [5.74, 6) is 4.72. The molecule has 0 unspecified atom stereocenters. The number of fused-ring (bicyclic) bond motifs is 1. The van der Waals surface area contributed by atoms with Crippen molar-refractivity contribution in [3.8, 4) is 28.8 Å². The molecule has 0 saturated carbocycles. The number of ether oxygens (including phenoxy) is 1. The molecule has 5 rings (SSSR count). The van der Waals surface area contributed by atoms with Crippen LogP contribution in [0.4, 0.5) is 8.78 Å². The monoisotopic (exact) mass is 472 g/mol. The molecule has 0 bridgehead atoms. The molecule has 2 aromatic carbocycles. The number of hydrogen-bond acceptors (Lipinski definition) is 4. The van der Waals surface area contributed by atoms with Gasteiger partial charge < -0.3 is 9.64 Å². The van der Waals surface area contributed by atoms with Crippen molar-refractivity contribution in [2.24, 2.45) is 0 Å². The van der Waals surface area contributed by atoms with Crippen LogP contribution in [0, 0.1) is 23.5 Å². The Kier molecular flexibility index (Phi) is 6.15. The van der Waals surface area contributed by atoms with Crippen molar-refractivity contribution in [3.63, 3.8) is 0 Å². The van der Waals surface area contributed by atoms with Crippen molar-refractivity contribution in [2.45, 2.75) is 32.4 Å². The molecule has 1 amide bonds. The molecule has 2 aromatic heterocycles. The summed E-state index contributed by atoms with van der Waals surface area (Å²) in [5, 5.41) is 0. The predicted molar refractivity (Wildman–Crippen MR) is 126 cm³/mol. The van der Waals surface area contributed by atoms with Gasteiger partial charge in [-0.1, -0.05) is 12.0 Å². The summed E-state index contributed by atoms with van der Waals surface area (Å²) in [4.78, 5) is 23.5. The first kappa shape index (κ1) is 22.5. The van der Waals surface area contributed by atoms with Crippen LogP contribution in [0.15, 0.2) is 61.1 Å². The zero-order valence-corrected chi connectivity index (χ0v) is 19.0. The van der Waals surface area contributed by atoms with Gasteiger partial charge in [0.15, 0.2) is 11.6 Å². The van der Waals surface area contributed by atoms with Crippen molar-refractivity contribution in [1.82, 2.24) is 19.3 Å². The van der Waals surface area contributed by atoms with E-state index in [0.29, 0.717) is 17.9 Å². The molecule has 1 saturated heterocycles. The number of nitrogens with zero attached hydrogens (tertiary/aromatic N) is 4. The average Bonchev–Trinajstić information content (AvgIpc) is 3.50. The zero-order valence-electron chi connectivity index (χ0n) is 19.0. The summed E-state index contributed by atoms with van der Waals surface area (Å²) in [6.07, 6.45) is 7.01. The Hall–Kier alpha value is -4.25. The lowest BCUT2D eigenvalue weighted by Crippen LogP contribution is -2.30. The summed E-state index contributed by atoms with van der Waals surface area (Å²) >= 11 is 0. The normalized spacial score (nSPS) is 15.2. The SMILES string of the molecule is CC#CC(=O)N1CCC[C@H]1c1nc(-c2ccc(OCc3ccc(F)c(F)c3)cc2)c2cnccn12. The number of carbonyl (C=O) groups excluding carboxylic acids is 1. The maximum atomic E-state index is 13.4. The zero-order chi connectivity index (χ0) is 24.4. The molecule has 0 N–H and O–H groups in total. The fraction of sp³-hybridized carbons (Fsp3) is 0.222. The fourth-order valence-electron chi connectivity index (χ4n) is 4.37. The molecule has 6 nitrogen and oxygen atoms in total. The highest BCUT2D eigenvalue weighted by Gasteiger charge is 2.33. The van der Waals surface area contributed by atoms with Gasteiger partial charge in [-0.3, -0.25) is 14.2 Å². The van der Waals surface area contributed by atoms with E-state index in [2.05, 4.69) is 16.8 Å². The van der Waals surface area contributed by atoms with E-state index in [0.717, 1.165) is 47.6 Å². The quantitative estimate of drug-likeness (QED) is 0.386. The summed E-state index contributed by atoms with van der Waals surface area (Å²) < 4.78 is 34.3. The number of aromatic nitrogens is 3. The second-order valence-corrected chi connectivity index (χ2v) is 8.24. The number of rotatable bonds is 5. The number of halogens is 2. The lowest BCUT2D eigenvalue weighted by atomic mass is 10.1. The van der Waals surface area contributed by atoms with Crippen LogP contribution < -0.4 is 4.74 Å². The largest absolute Gasteiger partial charge is 0.489 e. The van der Waals surface area contributed by atoms with Crippen LogP contribution in [-0.4, -0.2) is 31.7 Å². The molecule has 0 aliphatic carbocycles. The van der Waals surface area contributed by atoms with Crippen LogP contribution in [0.3, 0.4) is 0 Å². The molecule has 3 heterocycles. The standard InChI is InChI=1S/C27H22F2N4O2/c1-2-4-25(34)32-13-3-5-23(32)27-31-26(24-16-30-12-14-33(24)27)19-7-9-20(10-8-19)35-17-18-6-11-21(28)22(29)15-18/h6-12,14-16,23H,3,5,13,17H2,1H3/t23-/m0/s1. The lowest BCUT2D eigenvalue weighted by molar-refractivity contribution is -0.126. The molecule has 176 valence electrons. The predicted octanol–water partition coefficient (Wildman–Crippen LogP) is 4.94. The van der Waals surface area contributed by atoms with Crippen LogP contribution in [0.5, 0.6) is 5.75 Å². The Morgan fingerprint density at radius 2 is 2.00 bits per heavy atom. The van der Waals surface area contributed by atoms with E-state index in [9.17, 15) is 13.6 Å². The molecule has 1 aliphatic heterocycles. The third-order valence-electron chi connectivity index (χ3n) is 6.03. The van der Waals surface area contributed by atoms with Crippen molar-refractivity contribution in [3.05, 3.63) is 84.1 Å². The van der Waals surface area contributed by atoms with Gasteiger partial charge in [0.25, 0.3) is 5.91 Å². The van der Waals surface area contributed by atoms with Gasteiger partial charge in [0.2, 0.25) is 0 Å². The van der Waals surface area contributed by atoms with E-state index in [1.165, 1.54) is 6.07 Å². The average molecular weight is 472 g/mol. The van der Waals surface area contributed by atoms with Gasteiger partial charge in [-0.25, -0.2) is 13.8 Å². The van der Waals surface area contributed by atoms with Gasteiger partial charge >= 0.3 is 0 Å². The summed E-state index contributed by atoms with van der Waals surface area (Å²) in [6, 6.07) is 10.9. The number of carbonyl (C=O) groups is 1. The Bertz CT molecular complexity index is 1450. The van der Waals surface area contributed by atoms with Crippen LogP contribution in [0.25, 0.3) is 16.8 Å². The minimum Gasteiger partial charge on any atom is -0.489 e. The van der Waals surface area contributed by atoms with Gasteiger partial charge in [-0.05, 0) is 67.6 Å². The van der Waals surface area contributed by atoms with Crippen LogP contribution in [0.2, 0.25) is 0 Å². The van der Waals surface area contributed by atoms with Crippen LogP contribution in [0.1, 0.15) is 37.2 Å². The maximum absolute atomic E-state index is 13.4. The molecular formula is C27H22F2N4O2. The molecule has 0 spiro atoms. The number of benzene rings is 2. The van der Waals surface area contributed by atoms with E-state index >= 15 is 0 Å². The van der Waals surface area contributed by atoms with Crippen molar-refractivity contribution in [1.29, 1.82) is 0 Å². The first-order chi connectivity index (χ1) is 17.0. The van der Waals surface area contributed by atoms with E-state index < -0.39 is 11.6 Å². The van der Waals surface area contributed by atoms with Gasteiger partial charge in [-0.2, -0.15) is 0 Å². The summed E-state index contributed by atoms with van der Waals surface area (Å²) in [7, 11) is 0. The highest BCUT2D eigenvalue weighted by atomic mass is 19.2. The highest BCUT2D eigenvalue weighted by molar-refractivity contribution is 5.94. The second kappa shape index (κ2) is 9.55. The summed E-state index contributed by atoms with van der Waals surface area (Å²) in [5.41, 5.74) is 2.98. The first-order valence-electron chi connectivity index (χ1n) is 11.3. The topological polar surface area (TPSA) is 59.7 Å². The van der Waals surface area contributed by atoms with E-state index in [4.69, 9.17) is 9.72 Å². The Labute approximate surface area is 201 Å². The van der Waals surface area contributed by atoms with Gasteiger partial charge in [-0.15, -0.1) is 0 Å². The van der Waals surface area contributed by atoms with Gasteiger partial charge in [0.1, 0.15) is 18.2 Å². The number of likely N-dealkylation sites (tertiary alicyclic amines) is 1. The maximum Gasteiger partial charge on any atom is 0.299 e. The molecule has 35 heavy (non-hydrogen) atoms. The highest BCUT2D eigenvalue weighted by Crippen LogP contribution is 2.35. The minimum absolute atomic E-state index is 0.115. The Morgan fingerprint density at radius 1 is 1.17 bits per heavy atom. The summed E-state index contributed by atoms with van der Waals surface area (Å²) in [6.45, 7) is 2.42. The van der Waals surface area contributed by atoms with Gasteiger partial charge in [0, 0.05) is 24.5 Å². The Morgan fingerprint density at radius 3 is 2.77 bits per heavy atom. The molecule has 0 radical (unpaired) electrons. The molecular weight excluding hydrogens is 450 g/mol. The molecule has 8 heteroatoms. The smallest absolute Gasteiger partial charge is 0.299 e. The molecule has 1 atom stereocenters. The van der Waals surface area contributed by atoms with Gasteiger partial charge in [0.05, 0.1) is 23.4 Å².